The highest BCUT2D eigenvalue weighted by molar-refractivity contribution is 5.95. The highest BCUT2D eigenvalue weighted by atomic mass is 15.3. The largest absolute Gasteiger partial charge is 0.369 e. The molecule has 0 spiro atoms. The Labute approximate surface area is 179 Å². The molecule has 0 amide bonds. The van der Waals surface area contributed by atoms with E-state index in [0.717, 1.165) is 11.8 Å². The second-order valence-electron chi connectivity index (χ2n) is 10.5. The lowest BCUT2D eigenvalue weighted by Crippen LogP contribution is -2.54. The van der Waals surface area contributed by atoms with Crippen molar-refractivity contribution >= 4 is 11.7 Å². The third-order valence-corrected chi connectivity index (χ3v) is 8.00. The molecule has 0 heterocycles. The zero-order valence-electron chi connectivity index (χ0n) is 19.0. The first-order chi connectivity index (χ1) is 14.1. The lowest BCUT2D eigenvalue weighted by Gasteiger charge is -2.57. The van der Waals surface area contributed by atoms with Crippen molar-refractivity contribution in [2.45, 2.75) is 122 Å². The molecule has 166 valence electrons. The van der Waals surface area contributed by atoms with Crippen molar-refractivity contribution < 1.29 is 0 Å². The van der Waals surface area contributed by atoms with Gasteiger partial charge in [-0.15, -0.1) is 0 Å². The van der Waals surface area contributed by atoms with Crippen LogP contribution in [0.15, 0.2) is 5.10 Å². The summed E-state index contributed by atoms with van der Waals surface area (Å²) in [4.78, 5) is 0. The maximum Gasteiger partial charge on any atom is 0.206 e. The Kier molecular flexibility index (Phi) is 8.86. The van der Waals surface area contributed by atoms with Crippen LogP contribution >= 0.6 is 0 Å². The third kappa shape index (κ3) is 6.46. The molecule has 4 heteroatoms. The van der Waals surface area contributed by atoms with E-state index in [1.165, 1.54) is 121 Å². The number of rotatable bonds is 14. The normalized spacial score (nSPS) is 31.5. The highest BCUT2D eigenvalue weighted by Crippen LogP contribution is 2.60. The minimum Gasteiger partial charge on any atom is -0.369 e. The molecule has 4 N–H and O–H groups in total. The molecule has 4 saturated carbocycles. The number of hydrogen-bond acceptors (Lipinski definition) is 2. The van der Waals surface area contributed by atoms with Gasteiger partial charge in [-0.3, -0.25) is 5.41 Å². The quantitative estimate of drug-likeness (QED) is 0.130. The van der Waals surface area contributed by atoms with Crippen molar-refractivity contribution in [3.05, 3.63) is 0 Å². The lowest BCUT2D eigenvalue weighted by atomic mass is 9.47. The minimum atomic E-state index is -0.0215. The van der Waals surface area contributed by atoms with E-state index in [4.69, 9.17) is 11.1 Å². The molecule has 4 bridgehead atoms. The molecule has 2 atom stereocenters. The molecule has 4 nitrogen and oxygen atoms in total. The van der Waals surface area contributed by atoms with Gasteiger partial charge in [0.2, 0.25) is 5.96 Å². The van der Waals surface area contributed by atoms with Gasteiger partial charge in [0.15, 0.2) is 0 Å². The summed E-state index contributed by atoms with van der Waals surface area (Å²) in [6, 6.07) is 0. The van der Waals surface area contributed by atoms with Gasteiger partial charge < -0.3 is 5.73 Å². The maximum absolute atomic E-state index is 7.50. The van der Waals surface area contributed by atoms with Crippen LogP contribution in [0.2, 0.25) is 0 Å². The van der Waals surface area contributed by atoms with Crippen LogP contribution in [0.1, 0.15) is 122 Å². The first kappa shape index (κ1) is 22.6. The first-order valence-corrected chi connectivity index (χ1v) is 12.8. The average molecular weight is 403 g/mol. The Balaban J connectivity index is 1.33. The molecular weight excluding hydrogens is 356 g/mol. The molecule has 4 rings (SSSR count). The van der Waals surface area contributed by atoms with Crippen molar-refractivity contribution in [3.63, 3.8) is 0 Å². The first-order valence-electron chi connectivity index (χ1n) is 12.8. The van der Waals surface area contributed by atoms with Gasteiger partial charge >= 0.3 is 0 Å². The summed E-state index contributed by atoms with van der Waals surface area (Å²) >= 11 is 0. The third-order valence-electron chi connectivity index (χ3n) is 8.00. The molecule has 4 aliphatic carbocycles. The Morgan fingerprint density at radius 2 is 1.41 bits per heavy atom. The van der Waals surface area contributed by atoms with Crippen LogP contribution in [-0.4, -0.2) is 11.7 Å². The van der Waals surface area contributed by atoms with E-state index < -0.39 is 0 Å². The summed E-state index contributed by atoms with van der Waals surface area (Å²) in [7, 11) is 0. The predicted octanol–water partition coefficient (Wildman–Crippen LogP) is 6.74. The van der Waals surface area contributed by atoms with Crippen LogP contribution in [0.5, 0.6) is 0 Å². The second-order valence-corrected chi connectivity index (χ2v) is 10.5. The van der Waals surface area contributed by atoms with Crippen LogP contribution in [0.4, 0.5) is 0 Å². The molecule has 0 aromatic carbocycles. The number of nitrogens with zero attached hydrogens (tertiary/aromatic N) is 1. The molecule has 0 radical (unpaired) electrons. The molecule has 0 aromatic heterocycles. The van der Waals surface area contributed by atoms with E-state index in [9.17, 15) is 0 Å². The highest BCUT2D eigenvalue weighted by Gasteiger charge is 2.54. The Morgan fingerprint density at radius 1 is 0.897 bits per heavy atom. The average Bonchev–Trinajstić information content (AvgIpc) is 2.67. The number of unbranched alkanes of at least 4 members (excludes halogenated alkanes) is 11. The molecule has 29 heavy (non-hydrogen) atoms. The van der Waals surface area contributed by atoms with E-state index in [1.54, 1.807) is 0 Å². The fourth-order valence-electron chi connectivity index (χ4n) is 6.92. The van der Waals surface area contributed by atoms with Crippen molar-refractivity contribution in [1.82, 2.24) is 5.43 Å². The van der Waals surface area contributed by atoms with Gasteiger partial charge in [0.25, 0.3) is 0 Å². The number of guanidine groups is 1. The van der Waals surface area contributed by atoms with E-state index in [1.807, 2.05) is 0 Å². The molecular formula is C25H46N4. The SMILES string of the molecule is CCCCCCCCCCCCCCC12CC3CC(CC(C3)/C1=N\NC(=N)N)C2. The van der Waals surface area contributed by atoms with Crippen molar-refractivity contribution in [1.29, 1.82) is 5.41 Å². The van der Waals surface area contributed by atoms with Crippen LogP contribution in [0.3, 0.4) is 0 Å². The van der Waals surface area contributed by atoms with Gasteiger partial charge in [-0.1, -0.05) is 84.0 Å². The fourth-order valence-corrected chi connectivity index (χ4v) is 6.92. The van der Waals surface area contributed by atoms with Gasteiger partial charge in [0, 0.05) is 17.0 Å². The van der Waals surface area contributed by atoms with Crippen LogP contribution in [0, 0.1) is 28.6 Å². The molecule has 4 aliphatic rings. The topological polar surface area (TPSA) is 74.3 Å². The monoisotopic (exact) mass is 402 g/mol. The molecule has 0 saturated heterocycles. The smallest absolute Gasteiger partial charge is 0.206 e. The lowest BCUT2D eigenvalue weighted by molar-refractivity contribution is 0.0397. The van der Waals surface area contributed by atoms with Gasteiger partial charge in [0.1, 0.15) is 0 Å². The molecule has 2 unspecified atom stereocenters. The summed E-state index contributed by atoms with van der Waals surface area (Å²) < 4.78 is 0. The van der Waals surface area contributed by atoms with E-state index in [-0.39, 0.29) is 5.96 Å². The number of nitrogens with one attached hydrogen (secondary N) is 2. The molecule has 4 fully saturated rings. The van der Waals surface area contributed by atoms with Crippen molar-refractivity contribution in [2.24, 2.45) is 34.0 Å². The summed E-state index contributed by atoms with van der Waals surface area (Å²) in [5, 5.41) is 12.2. The number of hydrazone groups is 1. The van der Waals surface area contributed by atoms with Crippen molar-refractivity contribution in [2.75, 3.05) is 0 Å². The number of nitrogens with two attached hydrogens (primary N) is 1. The zero-order chi connectivity index (χ0) is 20.5. The minimum absolute atomic E-state index is 0.0215. The van der Waals surface area contributed by atoms with Gasteiger partial charge in [-0.2, -0.15) is 5.10 Å². The van der Waals surface area contributed by atoms with Crippen LogP contribution in [0.25, 0.3) is 0 Å². The van der Waals surface area contributed by atoms with Gasteiger partial charge in [-0.25, -0.2) is 5.43 Å². The van der Waals surface area contributed by atoms with E-state index >= 15 is 0 Å². The molecule has 0 aliphatic heterocycles. The van der Waals surface area contributed by atoms with Crippen LogP contribution < -0.4 is 11.2 Å². The molecule has 0 aromatic rings. The predicted molar refractivity (Wildman–Crippen MR) is 124 cm³/mol. The summed E-state index contributed by atoms with van der Waals surface area (Å²) in [6.07, 6.45) is 25.1. The van der Waals surface area contributed by atoms with Crippen LogP contribution in [-0.2, 0) is 0 Å². The summed E-state index contributed by atoms with van der Waals surface area (Å²) in [5.41, 5.74) is 10.0. The Hall–Kier alpha value is -1.06. The second kappa shape index (κ2) is 11.4. The Bertz CT molecular complexity index is 527. The van der Waals surface area contributed by atoms with Crippen molar-refractivity contribution in [3.8, 4) is 0 Å². The fraction of sp³-hybridized carbons (Fsp3) is 0.920. The Morgan fingerprint density at radius 3 is 1.93 bits per heavy atom. The summed E-state index contributed by atoms with van der Waals surface area (Å²) in [5.74, 6) is 2.50. The van der Waals surface area contributed by atoms with E-state index in [0.29, 0.717) is 11.3 Å². The van der Waals surface area contributed by atoms with Gasteiger partial charge in [-0.05, 0) is 50.4 Å². The standard InChI is InChI=1S/C25H46N4/c1-2-3-4-5-6-7-8-9-10-11-12-13-14-25-18-20-15-21(19-25)17-22(16-20)23(25)28-29-24(26)27/h20-22H,2-19H2,1H3,(H4,26,27,29)/b28-23+. The van der Waals surface area contributed by atoms with Gasteiger partial charge in [0.05, 0.1) is 0 Å². The number of hydrogen-bond donors (Lipinski definition) is 3. The van der Waals surface area contributed by atoms with E-state index in [2.05, 4.69) is 17.5 Å². The zero-order valence-corrected chi connectivity index (χ0v) is 19.0. The maximum atomic E-state index is 7.50. The summed E-state index contributed by atoms with van der Waals surface area (Å²) in [6.45, 7) is 2.29.